The highest BCUT2D eigenvalue weighted by Crippen LogP contribution is 2.54. The maximum absolute atomic E-state index is 2.75. The van der Waals surface area contributed by atoms with E-state index in [1.54, 1.807) is 0 Å². The van der Waals surface area contributed by atoms with E-state index >= 15 is 0 Å². The molecule has 0 spiro atoms. The lowest BCUT2D eigenvalue weighted by atomic mass is 9.96. The van der Waals surface area contributed by atoms with E-state index < -0.39 is 0 Å². The highest BCUT2D eigenvalue weighted by Gasteiger charge is 2.70. The molecule has 0 aromatic heterocycles. The molecule has 6 heteroatoms. The molecule has 6 nitrogen and oxygen atoms in total. The average Bonchev–Trinajstić information content (AvgIpc) is 3.11. The molecular formula is C20H38N6. The minimum absolute atomic E-state index is 0.326. The van der Waals surface area contributed by atoms with Crippen LogP contribution in [0.5, 0.6) is 0 Å². The maximum atomic E-state index is 2.75. The van der Waals surface area contributed by atoms with E-state index in [0.29, 0.717) is 66.6 Å². The Hall–Kier alpha value is -0.240. The molecule has 0 saturated carbocycles. The summed E-state index contributed by atoms with van der Waals surface area (Å²) in [6.45, 7) is 22.0. The fourth-order valence-corrected chi connectivity index (χ4v) is 6.62. The van der Waals surface area contributed by atoms with Gasteiger partial charge in [-0.3, -0.25) is 0 Å². The summed E-state index contributed by atoms with van der Waals surface area (Å²) in [5, 5.41) is 16.5. The van der Waals surface area contributed by atoms with Crippen LogP contribution in [0.15, 0.2) is 0 Å². The SMILES string of the molecule is CC1C(C)N2C3N4C(C)C(C)C(C)N4C(N2C1C)N1C(C)C(C)C(C)N31. The van der Waals surface area contributed by atoms with Crippen LogP contribution in [0.25, 0.3) is 0 Å². The number of hydrogen-bond acceptors (Lipinski definition) is 6. The first-order chi connectivity index (χ1) is 12.2. The van der Waals surface area contributed by atoms with E-state index in [1.165, 1.54) is 0 Å². The average molecular weight is 363 g/mol. The summed E-state index contributed by atoms with van der Waals surface area (Å²) in [7, 11) is 0. The highest BCUT2D eigenvalue weighted by molar-refractivity contribution is 5.09. The summed E-state index contributed by atoms with van der Waals surface area (Å²) >= 11 is 0. The smallest absolute Gasteiger partial charge is 0.159 e. The maximum Gasteiger partial charge on any atom is 0.159 e. The van der Waals surface area contributed by atoms with Crippen molar-refractivity contribution in [2.24, 2.45) is 17.8 Å². The van der Waals surface area contributed by atoms with Crippen molar-refractivity contribution in [1.29, 1.82) is 0 Å². The van der Waals surface area contributed by atoms with Gasteiger partial charge in [0.2, 0.25) is 0 Å². The van der Waals surface area contributed by atoms with Crippen molar-refractivity contribution in [3.8, 4) is 0 Å². The molecule has 6 aliphatic heterocycles. The Labute approximate surface area is 159 Å². The van der Waals surface area contributed by atoms with E-state index in [9.17, 15) is 0 Å². The molecule has 0 amide bonds. The first kappa shape index (κ1) is 17.8. The largest absolute Gasteiger partial charge is 0.203 e. The van der Waals surface area contributed by atoms with Gasteiger partial charge in [-0.15, -0.1) is 0 Å². The lowest BCUT2D eigenvalue weighted by Crippen LogP contribution is -2.87. The van der Waals surface area contributed by atoms with Gasteiger partial charge in [0.15, 0.2) is 12.6 Å². The van der Waals surface area contributed by atoms with Crippen molar-refractivity contribution in [3.63, 3.8) is 0 Å². The zero-order valence-corrected chi connectivity index (χ0v) is 18.0. The molecule has 26 heavy (non-hydrogen) atoms. The van der Waals surface area contributed by atoms with Crippen LogP contribution in [0.3, 0.4) is 0 Å². The van der Waals surface area contributed by atoms with Gasteiger partial charge in [-0.25, -0.2) is 30.1 Å². The van der Waals surface area contributed by atoms with Gasteiger partial charge in [0.1, 0.15) is 0 Å². The Balaban J connectivity index is 1.69. The van der Waals surface area contributed by atoms with Crippen molar-refractivity contribution in [1.82, 2.24) is 30.1 Å². The quantitative estimate of drug-likeness (QED) is 0.654. The van der Waals surface area contributed by atoms with Gasteiger partial charge in [0.05, 0.1) is 0 Å². The minimum Gasteiger partial charge on any atom is -0.203 e. The zero-order valence-electron chi connectivity index (χ0n) is 18.0. The molecule has 6 unspecified atom stereocenters. The number of nitrogens with zero attached hydrogens (tertiary/aromatic N) is 6. The van der Waals surface area contributed by atoms with Crippen LogP contribution in [0.2, 0.25) is 0 Å². The summed E-state index contributed by atoms with van der Waals surface area (Å²) in [5.74, 6) is 2.07. The van der Waals surface area contributed by atoms with Crippen LogP contribution in [0.4, 0.5) is 0 Å². The molecule has 0 aromatic rings. The predicted octanol–water partition coefficient (Wildman–Crippen LogP) is 2.42. The lowest BCUT2D eigenvalue weighted by Gasteiger charge is -2.68. The molecule has 0 N–H and O–H groups in total. The molecule has 2 bridgehead atoms. The van der Waals surface area contributed by atoms with Crippen LogP contribution in [0.1, 0.15) is 62.3 Å². The summed E-state index contributed by atoms with van der Waals surface area (Å²) in [6.07, 6.45) is 0.652. The third-order valence-corrected chi connectivity index (χ3v) is 9.29. The van der Waals surface area contributed by atoms with Gasteiger partial charge in [-0.1, -0.05) is 20.8 Å². The van der Waals surface area contributed by atoms with Crippen LogP contribution in [-0.2, 0) is 0 Å². The molecule has 6 atom stereocenters. The third-order valence-electron chi connectivity index (χ3n) is 9.29. The summed E-state index contributed by atoms with van der Waals surface area (Å²) in [4.78, 5) is 0. The first-order valence-electron chi connectivity index (χ1n) is 10.9. The van der Waals surface area contributed by atoms with Gasteiger partial charge in [-0.2, -0.15) is 0 Å². The normalized spacial score (nSPS) is 59.2. The van der Waals surface area contributed by atoms with Crippen LogP contribution in [0, 0.1) is 17.8 Å². The van der Waals surface area contributed by atoms with E-state index in [0.717, 1.165) is 0 Å². The molecule has 6 fully saturated rings. The van der Waals surface area contributed by atoms with Crippen molar-refractivity contribution in [3.05, 3.63) is 0 Å². The van der Waals surface area contributed by atoms with Crippen LogP contribution in [-0.4, -0.2) is 78.9 Å². The molecule has 6 heterocycles. The fraction of sp³-hybridized carbons (Fsp3) is 1.00. The van der Waals surface area contributed by atoms with Crippen molar-refractivity contribution in [2.75, 3.05) is 0 Å². The first-order valence-corrected chi connectivity index (χ1v) is 10.9. The van der Waals surface area contributed by atoms with Gasteiger partial charge in [0.25, 0.3) is 0 Å². The molecule has 0 radical (unpaired) electrons. The Morgan fingerprint density at radius 1 is 0.308 bits per heavy atom. The van der Waals surface area contributed by atoms with E-state index in [4.69, 9.17) is 0 Å². The van der Waals surface area contributed by atoms with Crippen LogP contribution >= 0.6 is 0 Å². The topological polar surface area (TPSA) is 19.4 Å². The van der Waals surface area contributed by atoms with Crippen LogP contribution < -0.4 is 0 Å². The summed E-state index contributed by atoms with van der Waals surface area (Å²) in [5.41, 5.74) is 0. The molecule has 6 saturated heterocycles. The molecule has 0 aliphatic carbocycles. The fourth-order valence-electron chi connectivity index (χ4n) is 6.62. The molecular weight excluding hydrogens is 324 g/mol. The predicted molar refractivity (Wildman–Crippen MR) is 103 cm³/mol. The standard InChI is InChI=1S/C20H38N6/c1-10-13(4)21-19-23-15(6)11(2)16(7)24(23)20(22(21)14(10)5)26-18(9)12(3)17(8)25(19)26/h10-20H,1-9H3. The highest BCUT2D eigenvalue weighted by atomic mass is 16.1. The van der Waals surface area contributed by atoms with Crippen molar-refractivity contribution < 1.29 is 0 Å². The molecule has 6 rings (SSSR count). The van der Waals surface area contributed by atoms with Crippen molar-refractivity contribution in [2.45, 2.75) is 111 Å². The molecule has 6 aliphatic rings. The van der Waals surface area contributed by atoms with Gasteiger partial charge in [-0.05, 0) is 59.3 Å². The van der Waals surface area contributed by atoms with Gasteiger partial charge in [0, 0.05) is 36.3 Å². The monoisotopic (exact) mass is 362 g/mol. The summed E-state index contributed by atoms with van der Waals surface area (Å²) in [6, 6.07) is 3.49. The van der Waals surface area contributed by atoms with E-state index in [2.05, 4.69) is 92.4 Å². The third kappa shape index (κ3) is 1.75. The molecule has 148 valence electrons. The second-order valence-electron chi connectivity index (χ2n) is 9.99. The number of hydrogen-bond donors (Lipinski definition) is 0. The zero-order chi connectivity index (χ0) is 18.8. The number of hydrazine groups is 3. The van der Waals surface area contributed by atoms with Gasteiger partial charge < -0.3 is 0 Å². The second kappa shape index (κ2) is 5.43. The Morgan fingerprint density at radius 3 is 0.615 bits per heavy atom. The van der Waals surface area contributed by atoms with E-state index in [-0.39, 0.29) is 0 Å². The summed E-state index contributed by atoms with van der Waals surface area (Å²) < 4.78 is 0. The number of rotatable bonds is 0. The Bertz CT molecular complexity index is 470. The molecule has 0 aromatic carbocycles. The van der Waals surface area contributed by atoms with Gasteiger partial charge >= 0.3 is 0 Å². The lowest BCUT2D eigenvalue weighted by molar-refractivity contribution is -0.453. The van der Waals surface area contributed by atoms with E-state index in [1.807, 2.05) is 0 Å². The second-order valence-corrected chi connectivity index (χ2v) is 9.99. The minimum atomic E-state index is 0.326. The Morgan fingerprint density at radius 2 is 0.462 bits per heavy atom. The van der Waals surface area contributed by atoms with Crippen molar-refractivity contribution >= 4 is 0 Å². The Kier molecular flexibility index (Phi) is 3.72.